The second-order valence-corrected chi connectivity index (χ2v) is 4.87. The van der Waals surface area contributed by atoms with Crippen molar-refractivity contribution in [3.63, 3.8) is 0 Å². The molecule has 3 rings (SSSR count). The highest BCUT2D eigenvalue weighted by molar-refractivity contribution is 6.08. The van der Waals surface area contributed by atoms with E-state index in [9.17, 15) is 18.0 Å². The molecule has 1 aromatic carbocycles. The summed E-state index contributed by atoms with van der Waals surface area (Å²) < 4.78 is 41.7. The van der Waals surface area contributed by atoms with Gasteiger partial charge >= 0.3 is 12.1 Å². The summed E-state index contributed by atoms with van der Waals surface area (Å²) in [5.41, 5.74) is 1.39. The van der Waals surface area contributed by atoms with Crippen LogP contribution in [0.4, 0.5) is 13.2 Å². The standard InChI is InChI=1S/C15H11F3N2O2/c1-8(15(16,17)18)22-14(21)12-6-10-9-4-2-3-5-11(9)20-13(10)7-19-12/h2-8,20H,1H3/t8-/m0/s1. The molecule has 0 saturated carbocycles. The summed E-state index contributed by atoms with van der Waals surface area (Å²) in [5, 5.41) is 1.56. The number of rotatable bonds is 2. The number of carbonyl (C=O) groups excluding carboxylic acids is 1. The van der Waals surface area contributed by atoms with Crippen molar-refractivity contribution in [1.82, 2.24) is 9.97 Å². The van der Waals surface area contributed by atoms with Gasteiger partial charge in [-0.2, -0.15) is 13.2 Å². The summed E-state index contributed by atoms with van der Waals surface area (Å²) in [5.74, 6) is -1.10. The molecule has 0 aliphatic carbocycles. The van der Waals surface area contributed by atoms with Gasteiger partial charge < -0.3 is 9.72 Å². The molecule has 0 spiro atoms. The summed E-state index contributed by atoms with van der Waals surface area (Å²) in [7, 11) is 0. The fourth-order valence-electron chi connectivity index (χ4n) is 2.15. The molecule has 0 bridgehead atoms. The van der Waals surface area contributed by atoms with Crippen LogP contribution in [0.15, 0.2) is 36.5 Å². The Morgan fingerprint density at radius 2 is 1.95 bits per heavy atom. The van der Waals surface area contributed by atoms with Gasteiger partial charge in [-0.3, -0.25) is 0 Å². The summed E-state index contributed by atoms with van der Waals surface area (Å²) in [6, 6.07) is 8.82. The van der Waals surface area contributed by atoms with Crippen LogP contribution in [-0.2, 0) is 4.74 Å². The van der Waals surface area contributed by atoms with Gasteiger partial charge in [0, 0.05) is 16.3 Å². The number of carbonyl (C=O) groups is 1. The summed E-state index contributed by atoms with van der Waals surface area (Å²) >= 11 is 0. The van der Waals surface area contributed by atoms with Gasteiger partial charge in [0.25, 0.3) is 0 Å². The number of pyridine rings is 1. The van der Waals surface area contributed by atoms with Crippen LogP contribution in [0, 0.1) is 0 Å². The molecule has 114 valence electrons. The quantitative estimate of drug-likeness (QED) is 0.732. The van der Waals surface area contributed by atoms with Crippen LogP contribution in [0.1, 0.15) is 17.4 Å². The van der Waals surface area contributed by atoms with E-state index in [4.69, 9.17) is 0 Å². The van der Waals surface area contributed by atoms with Crippen molar-refractivity contribution in [3.05, 3.63) is 42.2 Å². The first-order valence-electron chi connectivity index (χ1n) is 6.50. The van der Waals surface area contributed by atoms with Crippen LogP contribution in [0.3, 0.4) is 0 Å². The molecule has 0 aliphatic rings. The summed E-state index contributed by atoms with van der Waals surface area (Å²) in [6.45, 7) is 0.780. The number of nitrogens with zero attached hydrogens (tertiary/aromatic N) is 1. The Labute approximate surface area is 122 Å². The number of ether oxygens (including phenoxy) is 1. The van der Waals surface area contributed by atoms with Crippen molar-refractivity contribution >= 4 is 27.8 Å². The van der Waals surface area contributed by atoms with Crippen molar-refractivity contribution in [2.75, 3.05) is 0 Å². The lowest BCUT2D eigenvalue weighted by atomic mass is 10.1. The number of alkyl halides is 3. The first-order valence-corrected chi connectivity index (χ1v) is 6.50. The number of halogens is 3. The second-order valence-electron chi connectivity index (χ2n) is 4.87. The first-order chi connectivity index (χ1) is 10.4. The number of nitrogens with one attached hydrogen (secondary N) is 1. The van der Waals surface area contributed by atoms with Gasteiger partial charge in [0.15, 0.2) is 6.10 Å². The lowest BCUT2D eigenvalue weighted by Gasteiger charge is -2.15. The molecule has 0 unspecified atom stereocenters. The monoisotopic (exact) mass is 308 g/mol. The predicted octanol–water partition coefficient (Wildman–Crippen LogP) is 3.82. The van der Waals surface area contributed by atoms with E-state index in [0.29, 0.717) is 10.9 Å². The summed E-state index contributed by atoms with van der Waals surface area (Å²) in [4.78, 5) is 18.8. The lowest BCUT2D eigenvalue weighted by molar-refractivity contribution is -0.198. The molecule has 0 aliphatic heterocycles. The van der Waals surface area contributed by atoms with Gasteiger partial charge in [0.1, 0.15) is 5.69 Å². The van der Waals surface area contributed by atoms with Crippen molar-refractivity contribution in [2.45, 2.75) is 19.2 Å². The minimum atomic E-state index is -4.60. The van der Waals surface area contributed by atoms with E-state index < -0.39 is 18.2 Å². The number of aromatic nitrogens is 2. The van der Waals surface area contributed by atoms with E-state index in [1.807, 2.05) is 24.3 Å². The number of aromatic amines is 1. The Morgan fingerprint density at radius 1 is 1.23 bits per heavy atom. The van der Waals surface area contributed by atoms with Crippen molar-refractivity contribution in [3.8, 4) is 0 Å². The maximum atomic E-state index is 12.4. The SMILES string of the molecule is C[C@H](OC(=O)c1cc2c(cn1)[nH]c1ccccc12)C(F)(F)F. The molecule has 2 aromatic heterocycles. The zero-order valence-electron chi connectivity index (χ0n) is 11.4. The van der Waals surface area contributed by atoms with E-state index in [1.165, 1.54) is 12.3 Å². The Morgan fingerprint density at radius 3 is 2.68 bits per heavy atom. The zero-order chi connectivity index (χ0) is 15.9. The van der Waals surface area contributed by atoms with E-state index in [1.54, 1.807) is 0 Å². The molecule has 0 amide bonds. The minimum absolute atomic E-state index is 0.159. The molecule has 1 atom stereocenters. The van der Waals surface area contributed by atoms with Crippen LogP contribution in [0.5, 0.6) is 0 Å². The van der Waals surface area contributed by atoms with E-state index in [2.05, 4.69) is 14.7 Å². The highest BCUT2D eigenvalue weighted by atomic mass is 19.4. The third kappa shape index (κ3) is 2.49. The van der Waals surface area contributed by atoms with Gasteiger partial charge in [0.05, 0.1) is 11.7 Å². The molecule has 3 aromatic rings. The average Bonchev–Trinajstić information content (AvgIpc) is 2.83. The van der Waals surface area contributed by atoms with E-state index in [0.717, 1.165) is 17.8 Å². The lowest BCUT2D eigenvalue weighted by Crippen LogP contribution is -2.31. The van der Waals surface area contributed by atoms with Crippen LogP contribution in [0.25, 0.3) is 21.8 Å². The third-order valence-electron chi connectivity index (χ3n) is 3.34. The maximum Gasteiger partial charge on any atom is 0.425 e. The van der Waals surface area contributed by atoms with Crippen molar-refractivity contribution in [1.29, 1.82) is 0 Å². The predicted molar refractivity (Wildman–Crippen MR) is 74.5 cm³/mol. The molecular formula is C15H11F3N2O2. The topological polar surface area (TPSA) is 55.0 Å². The fourth-order valence-corrected chi connectivity index (χ4v) is 2.15. The largest absolute Gasteiger partial charge is 0.448 e. The number of benzene rings is 1. The maximum absolute atomic E-state index is 12.4. The molecule has 0 fully saturated rings. The number of para-hydroxylation sites is 1. The Bertz CT molecular complexity index is 855. The van der Waals surface area contributed by atoms with E-state index >= 15 is 0 Å². The van der Waals surface area contributed by atoms with Crippen LogP contribution < -0.4 is 0 Å². The molecule has 7 heteroatoms. The van der Waals surface area contributed by atoms with Gasteiger partial charge in [-0.1, -0.05) is 18.2 Å². The van der Waals surface area contributed by atoms with Crippen molar-refractivity contribution in [2.24, 2.45) is 0 Å². The van der Waals surface area contributed by atoms with Crippen LogP contribution in [0.2, 0.25) is 0 Å². The molecule has 4 nitrogen and oxygen atoms in total. The van der Waals surface area contributed by atoms with Gasteiger partial charge in [-0.25, -0.2) is 9.78 Å². The molecule has 1 N–H and O–H groups in total. The van der Waals surface area contributed by atoms with Gasteiger partial charge in [0.2, 0.25) is 0 Å². The van der Waals surface area contributed by atoms with Gasteiger partial charge in [-0.15, -0.1) is 0 Å². The average molecular weight is 308 g/mol. The molecule has 2 heterocycles. The highest BCUT2D eigenvalue weighted by Gasteiger charge is 2.39. The number of hydrogen-bond donors (Lipinski definition) is 1. The Balaban J connectivity index is 1.98. The number of H-pyrrole nitrogens is 1. The third-order valence-corrected chi connectivity index (χ3v) is 3.34. The van der Waals surface area contributed by atoms with E-state index in [-0.39, 0.29) is 5.69 Å². The number of fused-ring (bicyclic) bond motifs is 3. The summed E-state index contributed by atoms with van der Waals surface area (Å²) in [6.07, 6.45) is -5.37. The smallest absolute Gasteiger partial charge is 0.425 e. The normalized spacial score (nSPS) is 13.5. The van der Waals surface area contributed by atoms with Crippen LogP contribution in [-0.4, -0.2) is 28.2 Å². The Hall–Kier alpha value is -2.57. The molecule has 0 radical (unpaired) electrons. The number of hydrogen-bond acceptors (Lipinski definition) is 3. The fraction of sp³-hybridized carbons (Fsp3) is 0.200. The Kier molecular flexibility index (Phi) is 3.27. The second kappa shape index (κ2) is 5.01. The molecular weight excluding hydrogens is 297 g/mol. The van der Waals surface area contributed by atoms with Crippen molar-refractivity contribution < 1.29 is 22.7 Å². The first kappa shape index (κ1) is 14.4. The number of esters is 1. The van der Waals surface area contributed by atoms with Gasteiger partial charge in [-0.05, 0) is 19.1 Å². The molecule has 0 saturated heterocycles. The zero-order valence-corrected chi connectivity index (χ0v) is 11.4. The molecule has 22 heavy (non-hydrogen) atoms. The minimum Gasteiger partial charge on any atom is -0.448 e. The van der Waals surface area contributed by atoms with Crippen LogP contribution >= 0.6 is 0 Å². The highest BCUT2D eigenvalue weighted by Crippen LogP contribution is 2.26.